The minimum atomic E-state index is -0.392. The Hall–Kier alpha value is -7.92. The van der Waals surface area contributed by atoms with E-state index in [-0.39, 0.29) is 12.0 Å². The molecule has 0 bridgehead atoms. The highest BCUT2D eigenvalue weighted by Crippen LogP contribution is 2.64. The number of rotatable bonds is 7. The first-order valence-corrected chi connectivity index (χ1v) is 23.7. The normalized spacial score (nSPS) is 17.7. The number of thiophene rings is 1. The Labute approximate surface area is 390 Å². The van der Waals surface area contributed by atoms with Gasteiger partial charge in [-0.05, 0) is 137 Å². The molecule has 0 saturated heterocycles. The zero-order chi connectivity index (χ0) is 43.8. The largest absolute Gasteiger partial charge is 0.334 e. The molecule has 1 aromatic heterocycles. The topological polar surface area (TPSA) is 9.72 Å². The van der Waals surface area contributed by atoms with Crippen LogP contribution in [-0.4, -0.2) is 6.04 Å². The molecule has 10 aromatic rings. The second kappa shape index (κ2) is 15.4. The van der Waals surface area contributed by atoms with E-state index in [1.807, 2.05) is 11.3 Å². The summed E-state index contributed by atoms with van der Waals surface area (Å²) in [6.45, 7) is 2.27. The maximum Gasteiger partial charge on any atom is 0.0603 e. The summed E-state index contributed by atoms with van der Waals surface area (Å²) in [5, 5.41) is 2.59. The summed E-state index contributed by atoms with van der Waals surface area (Å²) in [7, 11) is 0. The van der Waals surface area contributed by atoms with E-state index in [1.54, 1.807) is 0 Å². The first kappa shape index (κ1) is 38.5. The van der Waals surface area contributed by atoms with Crippen LogP contribution < -0.4 is 14.7 Å². The SMILES string of the molecule is Cc1cc(N(c2ccccc2)c2ccccc2)cc2sc3ccc(N(c4ccccc4)c4ccc5c(c4)-c4ccccc4C54c5ccccc5N(c5ccccc5)C5C=CC=CC54)cc3c12. The summed E-state index contributed by atoms with van der Waals surface area (Å²) < 4.78 is 2.56. The standard InChI is InChI=1S/C62H45N3S/c1-42-38-49(63(43-20-6-2-7-21-43)44-22-8-3-9-23-44)41-60-61(42)52-40-48(35-37-59(52)66-60)64(45-24-10-4-11-25-45)47-34-36-54-51(39-47)50-28-14-15-29-53(50)62(54)55-30-16-18-32-57(55)65(46-26-12-5-13-27-46)58-33-19-17-31-56(58)62/h2-41,55,57H,1H3. The van der Waals surface area contributed by atoms with Gasteiger partial charge in [0.05, 0.1) is 11.5 Å². The van der Waals surface area contributed by atoms with Crippen LogP contribution in [0.2, 0.25) is 0 Å². The van der Waals surface area contributed by atoms with Crippen molar-refractivity contribution >= 4 is 77.0 Å². The van der Waals surface area contributed by atoms with Gasteiger partial charge in [-0.15, -0.1) is 11.3 Å². The smallest absolute Gasteiger partial charge is 0.0603 e. The Morgan fingerprint density at radius 2 is 1.00 bits per heavy atom. The Morgan fingerprint density at radius 1 is 0.439 bits per heavy atom. The van der Waals surface area contributed by atoms with Crippen LogP contribution in [0.3, 0.4) is 0 Å². The van der Waals surface area contributed by atoms with Crippen molar-refractivity contribution in [3.05, 3.63) is 265 Å². The van der Waals surface area contributed by atoms with Crippen molar-refractivity contribution in [2.24, 2.45) is 5.92 Å². The minimum Gasteiger partial charge on any atom is -0.334 e. The first-order chi connectivity index (χ1) is 32.7. The fraction of sp³-hybridized carbons (Fsp3) is 0.0645. The lowest BCUT2D eigenvalue weighted by Gasteiger charge is -2.53. The molecule has 0 fully saturated rings. The van der Waals surface area contributed by atoms with E-state index < -0.39 is 5.41 Å². The average Bonchev–Trinajstić information content (AvgIpc) is 3.89. The van der Waals surface area contributed by atoms with Gasteiger partial charge in [-0.2, -0.15) is 0 Å². The van der Waals surface area contributed by atoms with Gasteiger partial charge in [0.15, 0.2) is 0 Å². The molecular formula is C62H45N3S. The molecular weight excluding hydrogens is 819 g/mol. The number of aryl methyl sites for hydroxylation is 1. The fourth-order valence-corrected chi connectivity index (χ4v) is 12.8. The van der Waals surface area contributed by atoms with Gasteiger partial charge in [0.2, 0.25) is 0 Å². The van der Waals surface area contributed by atoms with Gasteiger partial charge in [-0.1, -0.05) is 146 Å². The van der Waals surface area contributed by atoms with Gasteiger partial charge in [0.1, 0.15) is 0 Å². The third kappa shape index (κ3) is 5.81. The van der Waals surface area contributed by atoms with Crippen molar-refractivity contribution in [2.45, 2.75) is 18.4 Å². The maximum atomic E-state index is 2.56. The molecule has 0 radical (unpaired) electrons. The molecule has 0 N–H and O–H groups in total. The van der Waals surface area contributed by atoms with E-state index >= 15 is 0 Å². The third-order valence-electron chi connectivity index (χ3n) is 14.2. The predicted octanol–water partition coefficient (Wildman–Crippen LogP) is 16.9. The number of fused-ring (bicyclic) bond motifs is 12. The summed E-state index contributed by atoms with van der Waals surface area (Å²) in [6.07, 6.45) is 9.39. The second-order valence-electron chi connectivity index (χ2n) is 17.7. The van der Waals surface area contributed by atoms with Gasteiger partial charge in [-0.3, -0.25) is 0 Å². The van der Waals surface area contributed by atoms with Crippen LogP contribution >= 0.6 is 11.3 Å². The third-order valence-corrected chi connectivity index (χ3v) is 15.3. The van der Waals surface area contributed by atoms with E-state index in [2.05, 4.69) is 264 Å². The van der Waals surface area contributed by atoms with E-state index in [1.165, 1.54) is 64.9 Å². The number of hydrogen-bond acceptors (Lipinski definition) is 4. The summed E-state index contributed by atoms with van der Waals surface area (Å²) in [4.78, 5) is 7.37. The average molecular weight is 864 g/mol. The van der Waals surface area contributed by atoms with Crippen LogP contribution in [0, 0.1) is 12.8 Å². The van der Waals surface area contributed by atoms with Crippen molar-refractivity contribution < 1.29 is 0 Å². The zero-order valence-corrected chi connectivity index (χ0v) is 37.3. The predicted molar refractivity (Wildman–Crippen MR) is 279 cm³/mol. The second-order valence-corrected chi connectivity index (χ2v) is 18.8. The Bertz CT molecular complexity index is 3480. The molecule has 1 aliphatic heterocycles. The number of anilines is 8. The molecule has 0 saturated carbocycles. The highest BCUT2D eigenvalue weighted by molar-refractivity contribution is 7.25. The van der Waals surface area contributed by atoms with Crippen LogP contribution in [0.5, 0.6) is 0 Å². The van der Waals surface area contributed by atoms with E-state index in [9.17, 15) is 0 Å². The molecule has 3 unspecified atom stereocenters. The number of nitrogens with zero attached hydrogens (tertiary/aromatic N) is 3. The van der Waals surface area contributed by atoms with E-state index in [0.717, 1.165) is 34.1 Å². The van der Waals surface area contributed by atoms with Gasteiger partial charge in [0, 0.05) is 71.6 Å². The van der Waals surface area contributed by atoms with E-state index in [0.29, 0.717) is 0 Å². The quantitative estimate of drug-likeness (QED) is 0.158. The molecule has 314 valence electrons. The lowest BCUT2D eigenvalue weighted by Crippen LogP contribution is -2.52. The van der Waals surface area contributed by atoms with Crippen molar-refractivity contribution in [1.29, 1.82) is 0 Å². The Morgan fingerprint density at radius 3 is 1.71 bits per heavy atom. The van der Waals surface area contributed by atoms with Crippen molar-refractivity contribution in [1.82, 2.24) is 0 Å². The fourth-order valence-electron chi connectivity index (χ4n) is 11.6. The lowest BCUT2D eigenvalue weighted by molar-refractivity contribution is 0.392. The summed E-state index contributed by atoms with van der Waals surface area (Å²) in [6, 6.07) is 80.7. The van der Waals surface area contributed by atoms with Crippen molar-refractivity contribution in [2.75, 3.05) is 14.7 Å². The molecule has 0 amide bonds. The molecule has 4 heteroatoms. The summed E-state index contributed by atoms with van der Waals surface area (Å²) in [5.41, 5.74) is 16.8. The Kier molecular flexibility index (Phi) is 8.97. The van der Waals surface area contributed by atoms with Gasteiger partial charge in [0.25, 0.3) is 0 Å². The van der Waals surface area contributed by atoms with Crippen LogP contribution in [0.4, 0.5) is 45.5 Å². The highest BCUT2D eigenvalue weighted by atomic mass is 32.1. The molecule has 3 atom stereocenters. The van der Waals surface area contributed by atoms with Crippen molar-refractivity contribution in [3.63, 3.8) is 0 Å². The molecule has 2 aliphatic carbocycles. The molecule has 3 nitrogen and oxygen atoms in total. The molecule has 2 heterocycles. The molecule has 13 rings (SSSR count). The van der Waals surface area contributed by atoms with Crippen LogP contribution in [-0.2, 0) is 5.41 Å². The Balaban J connectivity index is 0.975. The zero-order valence-electron chi connectivity index (χ0n) is 36.5. The van der Waals surface area contributed by atoms with E-state index in [4.69, 9.17) is 0 Å². The molecule has 1 spiro atoms. The highest BCUT2D eigenvalue weighted by Gasteiger charge is 2.56. The number of benzene rings is 9. The molecule has 9 aromatic carbocycles. The lowest BCUT2D eigenvalue weighted by atomic mass is 9.58. The summed E-state index contributed by atoms with van der Waals surface area (Å²) >= 11 is 1.87. The number of para-hydroxylation sites is 5. The van der Waals surface area contributed by atoms with Gasteiger partial charge >= 0.3 is 0 Å². The number of hydrogen-bond donors (Lipinski definition) is 0. The monoisotopic (exact) mass is 863 g/mol. The van der Waals surface area contributed by atoms with Crippen LogP contribution in [0.15, 0.2) is 243 Å². The van der Waals surface area contributed by atoms with Gasteiger partial charge < -0.3 is 14.7 Å². The number of allylic oxidation sites excluding steroid dienone is 2. The first-order valence-electron chi connectivity index (χ1n) is 22.9. The minimum absolute atomic E-state index is 0.123. The maximum absolute atomic E-state index is 2.56. The van der Waals surface area contributed by atoms with Crippen LogP contribution in [0.1, 0.15) is 22.3 Å². The summed E-state index contributed by atoms with van der Waals surface area (Å²) in [5.74, 6) is 0.154. The van der Waals surface area contributed by atoms with Gasteiger partial charge in [-0.25, -0.2) is 0 Å². The van der Waals surface area contributed by atoms with Crippen LogP contribution in [0.25, 0.3) is 31.3 Å². The molecule has 66 heavy (non-hydrogen) atoms. The molecule has 3 aliphatic rings. The van der Waals surface area contributed by atoms with Crippen molar-refractivity contribution in [3.8, 4) is 11.1 Å².